The fraction of sp³-hybridized carbons (Fsp3) is 0.294. The number of carbonyl (C=O) groups is 1. The van der Waals surface area contributed by atoms with Crippen molar-refractivity contribution in [1.82, 2.24) is 4.98 Å². The maximum absolute atomic E-state index is 13.1. The van der Waals surface area contributed by atoms with E-state index >= 15 is 0 Å². The number of hydrogen-bond acceptors (Lipinski definition) is 4. The molecule has 0 bridgehead atoms. The second-order valence-corrected chi connectivity index (χ2v) is 7.70. The second kappa shape index (κ2) is 5.74. The van der Waals surface area contributed by atoms with Crippen LogP contribution in [0.3, 0.4) is 0 Å². The second-order valence-electron chi connectivity index (χ2n) is 5.99. The van der Waals surface area contributed by atoms with Crippen molar-refractivity contribution in [1.29, 1.82) is 0 Å². The predicted octanol–water partition coefficient (Wildman–Crippen LogP) is 4.19. The number of fused-ring (bicyclic) bond motifs is 1. The maximum atomic E-state index is 13.1. The molecule has 1 saturated carbocycles. The van der Waals surface area contributed by atoms with Gasteiger partial charge >= 0.3 is 0 Å². The molecule has 1 aromatic carbocycles. The van der Waals surface area contributed by atoms with E-state index in [0.29, 0.717) is 29.3 Å². The van der Waals surface area contributed by atoms with Gasteiger partial charge in [-0.15, -0.1) is 0 Å². The third kappa shape index (κ3) is 2.59. The molecule has 0 N–H and O–H groups in total. The molecule has 0 atom stereocenters. The Morgan fingerprint density at radius 2 is 2.04 bits per heavy atom. The van der Waals surface area contributed by atoms with E-state index in [1.165, 1.54) is 0 Å². The van der Waals surface area contributed by atoms with Crippen molar-refractivity contribution in [3.8, 4) is 11.5 Å². The van der Waals surface area contributed by atoms with Crippen LogP contribution in [0.1, 0.15) is 23.2 Å². The molecule has 124 valence electrons. The summed E-state index contributed by atoms with van der Waals surface area (Å²) in [6.45, 7) is 0.547. The molecule has 1 aliphatic heterocycles. The zero-order valence-electron chi connectivity index (χ0n) is 12.9. The molecular weight excluding hydrogens is 440 g/mol. The third-order valence-corrected chi connectivity index (χ3v) is 5.51. The minimum Gasteiger partial charge on any atom is -0.494 e. The number of ether oxygens (including phenoxy) is 2. The van der Waals surface area contributed by atoms with E-state index < -0.39 is 0 Å². The average Bonchev–Trinajstić information content (AvgIpc) is 3.31. The van der Waals surface area contributed by atoms with Crippen LogP contribution >= 0.6 is 31.9 Å². The molecule has 7 heteroatoms. The summed E-state index contributed by atoms with van der Waals surface area (Å²) in [5, 5.41) is 0. The number of anilines is 1. The summed E-state index contributed by atoms with van der Waals surface area (Å²) in [6.07, 6.45) is 5.29. The Morgan fingerprint density at radius 3 is 2.67 bits per heavy atom. The van der Waals surface area contributed by atoms with Gasteiger partial charge in [0, 0.05) is 17.8 Å². The normalized spacial score (nSPS) is 17.2. The van der Waals surface area contributed by atoms with Crippen LogP contribution in [0.2, 0.25) is 0 Å². The van der Waals surface area contributed by atoms with Crippen LogP contribution in [0.4, 0.5) is 5.69 Å². The highest BCUT2D eigenvalue weighted by Crippen LogP contribution is 2.48. The minimum absolute atomic E-state index is 0.0807. The van der Waals surface area contributed by atoms with Crippen LogP contribution in [-0.4, -0.2) is 30.1 Å². The standard InChI is InChI=1S/C17H14Br2N2O3/c1-23-15-11(18)6-10(7-12(15)19)16(22)21-9-17(3-4-17)24-14-2-5-20-8-13(14)21/h2,5-8H,3-4,9H2,1H3. The number of carbonyl (C=O) groups excluding carboxylic acids is 1. The van der Waals surface area contributed by atoms with E-state index in [1.54, 1.807) is 36.5 Å². The summed E-state index contributed by atoms with van der Waals surface area (Å²) >= 11 is 6.91. The quantitative estimate of drug-likeness (QED) is 0.684. The van der Waals surface area contributed by atoms with Crippen LogP contribution in [0.25, 0.3) is 0 Å². The first kappa shape index (κ1) is 15.9. The van der Waals surface area contributed by atoms with Crippen LogP contribution in [0.15, 0.2) is 39.5 Å². The first-order valence-corrected chi connectivity index (χ1v) is 9.09. The number of amides is 1. The SMILES string of the molecule is COc1c(Br)cc(C(=O)N2CC3(CC3)Oc3ccncc32)cc1Br. The molecule has 1 spiro atoms. The molecule has 1 aliphatic carbocycles. The van der Waals surface area contributed by atoms with Gasteiger partial charge in [0.15, 0.2) is 0 Å². The number of halogens is 2. The van der Waals surface area contributed by atoms with Crippen molar-refractivity contribution >= 4 is 43.5 Å². The van der Waals surface area contributed by atoms with Crippen LogP contribution in [0, 0.1) is 0 Å². The number of aromatic nitrogens is 1. The Labute approximate surface area is 156 Å². The monoisotopic (exact) mass is 452 g/mol. The Hall–Kier alpha value is -1.60. The molecule has 24 heavy (non-hydrogen) atoms. The van der Waals surface area contributed by atoms with Crippen LogP contribution in [0.5, 0.6) is 11.5 Å². The lowest BCUT2D eigenvalue weighted by Crippen LogP contribution is -2.45. The molecule has 2 aromatic rings. The van der Waals surface area contributed by atoms with Crippen molar-refractivity contribution in [3.63, 3.8) is 0 Å². The summed E-state index contributed by atoms with van der Waals surface area (Å²) in [5.74, 6) is 1.30. The lowest BCUT2D eigenvalue weighted by molar-refractivity contribution is 0.0943. The third-order valence-electron chi connectivity index (χ3n) is 4.33. The molecule has 1 amide bonds. The highest BCUT2D eigenvalue weighted by atomic mass is 79.9. The molecule has 4 rings (SSSR count). The Morgan fingerprint density at radius 1 is 1.33 bits per heavy atom. The van der Waals surface area contributed by atoms with Gasteiger partial charge in [0.2, 0.25) is 0 Å². The Balaban J connectivity index is 1.75. The van der Waals surface area contributed by atoms with Gasteiger partial charge in [-0.05, 0) is 56.8 Å². The highest BCUT2D eigenvalue weighted by Gasteiger charge is 2.51. The van der Waals surface area contributed by atoms with Crippen LogP contribution < -0.4 is 14.4 Å². The molecule has 0 unspecified atom stereocenters. The number of rotatable bonds is 2. The van der Waals surface area contributed by atoms with E-state index in [4.69, 9.17) is 9.47 Å². The topological polar surface area (TPSA) is 51.7 Å². The van der Waals surface area contributed by atoms with Gasteiger partial charge in [-0.25, -0.2) is 0 Å². The number of benzene rings is 1. The highest BCUT2D eigenvalue weighted by molar-refractivity contribution is 9.11. The molecule has 1 aromatic heterocycles. The zero-order chi connectivity index (χ0) is 16.9. The first-order chi connectivity index (χ1) is 11.5. The van der Waals surface area contributed by atoms with E-state index in [2.05, 4.69) is 36.8 Å². The molecular formula is C17H14Br2N2O3. The smallest absolute Gasteiger partial charge is 0.258 e. The molecule has 0 saturated heterocycles. The van der Waals surface area contributed by atoms with Gasteiger partial charge in [-0.1, -0.05) is 0 Å². The van der Waals surface area contributed by atoms with E-state index in [-0.39, 0.29) is 11.5 Å². The van der Waals surface area contributed by atoms with Crippen molar-refractivity contribution in [2.24, 2.45) is 0 Å². The number of hydrogen-bond donors (Lipinski definition) is 0. The maximum Gasteiger partial charge on any atom is 0.258 e. The summed E-state index contributed by atoms with van der Waals surface area (Å²) in [7, 11) is 1.59. The van der Waals surface area contributed by atoms with Crippen molar-refractivity contribution in [3.05, 3.63) is 45.1 Å². The Kier molecular flexibility index (Phi) is 3.80. The molecule has 2 heterocycles. The fourth-order valence-corrected chi connectivity index (χ4v) is 4.43. The van der Waals surface area contributed by atoms with Crippen molar-refractivity contribution < 1.29 is 14.3 Å². The van der Waals surface area contributed by atoms with E-state index in [1.807, 2.05) is 6.07 Å². The van der Waals surface area contributed by atoms with Gasteiger partial charge in [-0.3, -0.25) is 14.7 Å². The summed E-state index contributed by atoms with van der Waals surface area (Å²) in [5.41, 5.74) is 1.05. The fourth-order valence-electron chi connectivity index (χ4n) is 2.92. The summed E-state index contributed by atoms with van der Waals surface area (Å²) in [4.78, 5) is 19.0. The first-order valence-electron chi connectivity index (χ1n) is 7.51. The number of nitrogens with zero attached hydrogens (tertiary/aromatic N) is 2. The van der Waals surface area contributed by atoms with Crippen molar-refractivity contribution in [2.45, 2.75) is 18.4 Å². The van der Waals surface area contributed by atoms with Crippen molar-refractivity contribution in [2.75, 3.05) is 18.6 Å². The predicted molar refractivity (Wildman–Crippen MR) is 96.9 cm³/mol. The molecule has 1 fully saturated rings. The van der Waals surface area contributed by atoms with Gasteiger partial charge in [0.05, 0.1) is 28.8 Å². The molecule has 5 nitrogen and oxygen atoms in total. The molecule has 0 radical (unpaired) electrons. The Bertz CT molecular complexity index is 813. The van der Waals surface area contributed by atoms with Gasteiger partial charge in [0.25, 0.3) is 5.91 Å². The van der Waals surface area contributed by atoms with Gasteiger partial charge < -0.3 is 9.47 Å². The summed E-state index contributed by atoms with van der Waals surface area (Å²) < 4.78 is 12.8. The number of methoxy groups -OCH3 is 1. The lowest BCUT2D eigenvalue weighted by Gasteiger charge is -2.35. The largest absolute Gasteiger partial charge is 0.494 e. The van der Waals surface area contributed by atoms with Crippen LogP contribution in [-0.2, 0) is 0 Å². The minimum atomic E-state index is -0.231. The molecule has 2 aliphatic rings. The number of pyridine rings is 1. The summed E-state index contributed by atoms with van der Waals surface area (Å²) in [6, 6.07) is 5.36. The van der Waals surface area contributed by atoms with Gasteiger partial charge in [-0.2, -0.15) is 0 Å². The van der Waals surface area contributed by atoms with E-state index in [9.17, 15) is 4.79 Å². The average molecular weight is 454 g/mol. The zero-order valence-corrected chi connectivity index (χ0v) is 16.1. The van der Waals surface area contributed by atoms with E-state index in [0.717, 1.165) is 21.8 Å². The van der Waals surface area contributed by atoms with Gasteiger partial charge in [0.1, 0.15) is 22.8 Å². The lowest BCUT2D eigenvalue weighted by atomic mass is 10.1.